The van der Waals surface area contributed by atoms with Crippen LogP contribution in [-0.4, -0.2) is 23.4 Å². The van der Waals surface area contributed by atoms with E-state index in [1.165, 1.54) is 36.9 Å². The Bertz CT molecular complexity index is 863. The molecule has 1 N–H and O–H groups in total. The number of carbonyl (C=O) groups is 1. The van der Waals surface area contributed by atoms with Gasteiger partial charge in [0.25, 0.3) is 0 Å². The van der Waals surface area contributed by atoms with Crippen molar-refractivity contribution in [3.8, 4) is 5.75 Å². The lowest BCUT2D eigenvalue weighted by Crippen LogP contribution is -1.98. The molecule has 2 aromatic heterocycles. The lowest BCUT2D eigenvalue weighted by Gasteiger charge is -2.11. The van der Waals surface area contributed by atoms with Gasteiger partial charge in [0, 0.05) is 6.07 Å². The van der Waals surface area contributed by atoms with Gasteiger partial charge in [0.1, 0.15) is 28.5 Å². The van der Waals surface area contributed by atoms with Gasteiger partial charge >= 0.3 is 0 Å². The van der Waals surface area contributed by atoms with Gasteiger partial charge in [-0.1, -0.05) is 0 Å². The van der Waals surface area contributed by atoms with Crippen molar-refractivity contribution in [3.05, 3.63) is 40.8 Å². The van der Waals surface area contributed by atoms with Gasteiger partial charge in [-0.05, 0) is 24.6 Å². The second-order valence-electron chi connectivity index (χ2n) is 4.58. The Morgan fingerprint density at radius 3 is 2.91 bits per heavy atom. The van der Waals surface area contributed by atoms with Gasteiger partial charge in [-0.3, -0.25) is 4.79 Å². The van der Waals surface area contributed by atoms with Crippen LogP contribution >= 0.6 is 11.3 Å². The number of hydrogen-bond donors (Lipinski definition) is 1. The number of aldehydes is 1. The molecule has 0 atom stereocenters. The summed E-state index contributed by atoms with van der Waals surface area (Å²) in [4.78, 5) is 20.8. The molecule has 0 aliphatic heterocycles. The number of nitrogens with one attached hydrogen (secondary N) is 1. The predicted molar refractivity (Wildman–Crippen MR) is 83.8 cm³/mol. The van der Waals surface area contributed by atoms with E-state index in [0.29, 0.717) is 22.1 Å². The van der Waals surface area contributed by atoms with Crippen LogP contribution in [0.25, 0.3) is 10.2 Å². The van der Waals surface area contributed by atoms with Crippen LogP contribution in [0.1, 0.15) is 15.2 Å². The van der Waals surface area contributed by atoms with Crippen LogP contribution in [0.3, 0.4) is 0 Å². The zero-order valence-corrected chi connectivity index (χ0v) is 12.7. The standard InChI is InChI=1S/C15H12FN3O2S/c1-8-12(6-20)22-15-13(8)14(17-7-18-15)19-10-4-3-9(16)5-11(10)21-2/h3-7H,1-2H3,(H,17,18,19). The van der Waals surface area contributed by atoms with Crippen molar-refractivity contribution in [2.45, 2.75) is 6.92 Å². The van der Waals surface area contributed by atoms with E-state index in [0.717, 1.165) is 22.1 Å². The van der Waals surface area contributed by atoms with E-state index in [4.69, 9.17) is 4.74 Å². The fourth-order valence-corrected chi connectivity index (χ4v) is 3.16. The molecular formula is C15H12FN3O2S. The predicted octanol–water partition coefficient (Wildman–Crippen LogP) is 3.70. The number of ether oxygens (including phenoxy) is 1. The molecule has 22 heavy (non-hydrogen) atoms. The minimum atomic E-state index is -0.384. The maximum absolute atomic E-state index is 13.3. The first-order valence-electron chi connectivity index (χ1n) is 6.44. The van der Waals surface area contributed by atoms with Crippen molar-refractivity contribution in [3.63, 3.8) is 0 Å². The number of fused-ring (bicyclic) bond motifs is 1. The normalized spacial score (nSPS) is 10.7. The van der Waals surface area contributed by atoms with Crippen LogP contribution in [0.2, 0.25) is 0 Å². The van der Waals surface area contributed by atoms with Crippen LogP contribution in [-0.2, 0) is 0 Å². The number of aromatic nitrogens is 2. The van der Waals surface area contributed by atoms with Crippen molar-refractivity contribution in [2.75, 3.05) is 12.4 Å². The lowest BCUT2D eigenvalue weighted by molar-refractivity contribution is 0.112. The average Bonchev–Trinajstić information content (AvgIpc) is 2.86. The molecule has 0 radical (unpaired) electrons. The van der Waals surface area contributed by atoms with Gasteiger partial charge in [0.05, 0.1) is 23.1 Å². The molecule has 7 heteroatoms. The molecule has 3 aromatic rings. The number of hydrogen-bond acceptors (Lipinski definition) is 6. The highest BCUT2D eigenvalue weighted by Gasteiger charge is 2.15. The summed E-state index contributed by atoms with van der Waals surface area (Å²) >= 11 is 1.31. The molecule has 0 unspecified atom stereocenters. The van der Waals surface area contributed by atoms with E-state index in [1.54, 1.807) is 6.07 Å². The van der Waals surface area contributed by atoms with E-state index in [-0.39, 0.29) is 5.82 Å². The number of halogens is 1. The topological polar surface area (TPSA) is 64.1 Å². The highest BCUT2D eigenvalue weighted by atomic mass is 32.1. The van der Waals surface area contributed by atoms with Crippen LogP contribution in [0, 0.1) is 12.7 Å². The van der Waals surface area contributed by atoms with E-state index < -0.39 is 0 Å². The SMILES string of the molecule is COc1cc(F)ccc1Nc1ncnc2sc(C=O)c(C)c12. The summed E-state index contributed by atoms with van der Waals surface area (Å²) in [7, 11) is 1.47. The second kappa shape index (κ2) is 5.69. The molecule has 112 valence electrons. The molecule has 0 saturated heterocycles. The molecule has 5 nitrogen and oxygen atoms in total. The average molecular weight is 317 g/mol. The quantitative estimate of drug-likeness (QED) is 0.743. The van der Waals surface area contributed by atoms with Crippen molar-refractivity contribution in [2.24, 2.45) is 0 Å². The molecule has 1 aromatic carbocycles. The van der Waals surface area contributed by atoms with E-state index >= 15 is 0 Å². The van der Waals surface area contributed by atoms with Gasteiger partial charge in [0.2, 0.25) is 0 Å². The molecule has 0 amide bonds. The molecule has 2 heterocycles. The summed E-state index contributed by atoms with van der Waals surface area (Å²) in [6, 6.07) is 4.20. The van der Waals surface area contributed by atoms with Gasteiger partial charge in [-0.2, -0.15) is 0 Å². The van der Waals surface area contributed by atoms with E-state index in [9.17, 15) is 9.18 Å². The third-order valence-corrected chi connectivity index (χ3v) is 4.41. The largest absolute Gasteiger partial charge is 0.494 e. The number of thiophene rings is 1. The van der Waals surface area contributed by atoms with Gasteiger partial charge in [0.15, 0.2) is 6.29 Å². The minimum Gasteiger partial charge on any atom is -0.494 e. The molecule has 0 bridgehead atoms. The molecule has 3 rings (SSSR count). The first-order valence-corrected chi connectivity index (χ1v) is 7.25. The maximum Gasteiger partial charge on any atom is 0.160 e. The fraction of sp³-hybridized carbons (Fsp3) is 0.133. The van der Waals surface area contributed by atoms with Crippen molar-refractivity contribution < 1.29 is 13.9 Å². The number of aryl methyl sites for hydroxylation is 1. The molecule has 0 aliphatic carbocycles. The number of rotatable bonds is 4. The van der Waals surface area contributed by atoms with Gasteiger partial charge in [-0.15, -0.1) is 11.3 Å². The monoisotopic (exact) mass is 317 g/mol. The Morgan fingerprint density at radius 1 is 1.36 bits per heavy atom. The zero-order chi connectivity index (χ0) is 15.7. The van der Waals surface area contributed by atoms with Crippen LogP contribution in [0.4, 0.5) is 15.9 Å². The van der Waals surface area contributed by atoms with Crippen molar-refractivity contribution in [1.82, 2.24) is 9.97 Å². The van der Waals surface area contributed by atoms with Crippen LogP contribution < -0.4 is 10.1 Å². The molecule has 0 spiro atoms. The Kier molecular flexibility index (Phi) is 3.72. The summed E-state index contributed by atoms with van der Waals surface area (Å²) in [5.74, 6) is 0.539. The first kappa shape index (κ1) is 14.4. The number of nitrogens with zero attached hydrogens (tertiary/aromatic N) is 2. The highest BCUT2D eigenvalue weighted by molar-refractivity contribution is 7.20. The Hall–Kier alpha value is -2.54. The summed E-state index contributed by atoms with van der Waals surface area (Å²) in [6.07, 6.45) is 2.23. The third-order valence-electron chi connectivity index (χ3n) is 3.29. The molecule has 0 aliphatic rings. The molecule has 0 fully saturated rings. The molecule has 0 saturated carbocycles. The van der Waals surface area contributed by atoms with Gasteiger partial charge < -0.3 is 10.1 Å². The van der Waals surface area contributed by atoms with Crippen molar-refractivity contribution in [1.29, 1.82) is 0 Å². The number of anilines is 2. The summed E-state index contributed by atoms with van der Waals surface area (Å²) < 4.78 is 18.4. The van der Waals surface area contributed by atoms with Crippen LogP contribution in [0.5, 0.6) is 5.75 Å². The van der Waals surface area contributed by atoms with Crippen molar-refractivity contribution >= 4 is 39.3 Å². The molecular weight excluding hydrogens is 305 g/mol. The Morgan fingerprint density at radius 2 is 2.18 bits per heavy atom. The summed E-state index contributed by atoms with van der Waals surface area (Å²) in [6.45, 7) is 1.85. The van der Waals surface area contributed by atoms with E-state index in [2.05, 4.69) is 15.3 Å². The second-order valence-corrected chi connectivity index (χ2v) is 5.61. The smallest absolute Gasteiger partial charge is 0.160 e. The van der Waals surface area contributed by atoms with Gasteiger partial charge in [-0.25, -0.2) is 14.4 Å². The fourth-order valence-electron chi connectivity index (χ4n) is 2.19. The van der Waals surface area contributed by atoms with E-state index in [1.807, 2.05) is 6.92 Å². The lowest BCUT2D eigenvalue weighted by atomic mass is 10.2. The highest BCUT2D eigenvalue weighted by Crippen LogP contribution is 2.35. The Balaban J connectivity index is 2.11. The summed E-state index contributed by atoms with van der Waals surface area (Å²) in [5, 5.41) is 3.90. The zero-order valence-electron chi connectivity index (χ0n) is 11.9. The Labute approximate surface area is 129 Å². The van der Waals surface area contributed by atoms with Crippen LogP contribution in [0.15, 0.2) is 24.5 Å². The summed E-state index contributed by atoms with van der Waals surface area (Å²) in [5.41, 5.74) is 1.40. The minimum absolute atomic E-state index is 0.371. The first-order chi connectivity index (χ1) is 10.6. The maximum atomic E-state index is 13.3. The third kappa shape index (κ3) is 2.39. The number of benzene rings is 1. The number of methoxy groups -OCH3 is 1. The number of carbonyl (C=O) groups excluding carboxylic acids is 1.